The minimum Gasteiger partial charge on any atom is -0.493 e. The Bertz CT molecular complexity index is 562. The third kappa shape index (κ3) is 2.78. The molecule has 2 aliphatic rings. The smallest absolute Gasteiger partial charge is 0.200 e. The Balaban J connectivity index is 1.99. The average Bonchev–Trinajstić information content (AvgIpc) is 2.48. The highest BCUT2D eigenvalue weighted by Crippen LogP contribution is 2.36. The fourth-order valence-electron chi connectivity index (χ4n) is 3.89. The molecule has 3 nitrogen and oxygen atoms in total. The third-order valence-electron chi connectivity index (χ3n) is 4.80. The largest absolute Gasteiger partial charge is 0.493 e. The molecule has 1 aliphatic carbocycles. The van der Waals surface area contributed by atoms with Gasteiger partial charge in [0.05, 0.1) is 7.11 Å². The Kier molecular flexibility index (Phi) is 4.02. The maximum absolute atomic E-state index is 13.9. The fraction of sp³-hybridized carbons (Fsp3) is 0.647. The second kappa shape index (κ2) is 5.69. The molecule has 1 N–H and O–H groups in total. The number of halogens is 2. The summed E-state index contributed by atoms with van der Waals surface area (Å²) in [5.74, 6) is -1.79. The number of hydrogen-bond donors (Lipinski definition) is 1. The zero-order chi connectivity index (χ0) is 15.9. The van der Waals surface area contributed by atoms with Crippen molar-refractivity contribution in [2.24, 2.45) is 0 Å². The molecule has 1 aromatic rings. The summed E-state index contributed by atoms with van der Waals surface area (Å²) in [6, 6.07) is 3.64. The molecule has 1 aliphatic heterocycles. The fourth-order valence-corrected chi connectivity index (χ4v) is 3.89. The molecule has 0 radical (unpaired) electrons. The van der Waals surface area contributed by atoms with Crippen molar-refractivity contribution in [1.29, 1.82) is 0 Å². The van der Waals surface area contributed by atoms with Crippen LogP contribution in [0.2, 0.25) is 0 Å². The first-order valence-corrected chi connectivity index (χ1v) is 7.99. The predicted octanol–water partition coefficient (Wildman–Crippen LogP) is 3.47. The van der Waals surface area contributed by atoms with Crippen LogP contribution in [0.15, 0.2) is 12.1 Å². The summed E-state index contributed by atoms with van der Waals surface area (Å²) in [6.45, 7) is 5.08. The van der Waals surface area contributed by atoms with E-state index in [1.807, 2.05) is 0 Å². The zero-order valence-electron chi connectivity index (χ0n) is 13.5. The van der Waals surface area contributed by atoms with Crippen LogP contribution in [-0.2, 0) is 0 Å². The van der Waals surface area contributed by atoms with Gasteiger partial charge in [0, 0.05) is 42.0 Å². The molecular weight excluding hydrogens is 286 g/mol. The zero-order valence-corrected chi connectivity index (χ0v) is 13.5. The predicted molar refractivity (Wildman–Crippen MR) is 83.5 cm³/mol. The van der Waals surface area contributed by atoms with Crippen LogP contribution in [0.3, 0.4) is 0 Å². The van der Waals surface area contributed by atoms with Crippen LogP contribution in [0.1, 0.15) is 39.5 Å². The Morgan fingerprint density at radius 2 is 1.95 bits per heavy atom. The summed E-state index contributed by atoms with van der Waals surface area (Å²) in [4.78, 5) is 2.23. The van der Waals surface area contributed by atoms with Gasteiger partial charge in [-0.2, -0.15) is 4.39 Å². The third-order valence-corrected chi connectivity index (χ3v) is 4.80. The van der Waals surface area contributed by atoms with Crippen molar-refractivity contribution >= 4 is 5.69 Å². The number of rotatable bonds is 2. The van der Waals surface area contributed by atoms with E-state index in [2.05, 4.69) is 24.1 Å². The molecule has 122 valence electrons. The van der Waals surface area contributed by atoms with E-state index in [-0.39, 0.29) is 11.3 Å². The maximum atomic E-state index is 13.9. The molecule has 22 heavy (non-hydrogen) atoms. The minimum atomic E-state index is -0.916. The quantitative estimate of drug-likeness (QED) is 0.905. The SMILES string of the molecule is COc1cc(N2CC(C)(C)N[C@H]3CCCC[C@@H]32)cc(F)c1F. The van der Waals surface area contributed by atoms with Crippen molar-refractivity contribution in [2.75, 3.05) is 18.6 Å². The molecule has 0 spiro atoms. The van der Waals surface area contributed by atoms with Gasteiger partial charge in [-0.1, -0.05) is 12.8 Å². The van der Waals surface area contributed by atoms with Crippen molar-refractivity contribution in [3.05, 3.63) is 23.8 Å². The molecule has 0 aromatic heterocycles. The van der Waals surface area contributed by atoms with Crippen LogP contribution in [0.5, 0.6) is 5.75 Å². The summed E-state index contributed by atoms with van der Waals surface area (Å²) in [5.41, 5.74) is 0.651. The first-order chi connectivity index (χ1) is 10.4. The average molecular weight is 310 g/mol. The molecule has 5 heteroatoms. The van der Waals surface area contributed by atoms with Crippen molar-refractivity contribution < 1.29 is 13.5 Å². The summed E-state index contributed by atoms with van der Waals surface area (Å²) in [6.07, 6.45) is 4.61. The Morgan fingerprint density at radius 3 is 2.68 bits per heavy atom. The number of anilines is 1. The number of benzene rings is 1. The van der Waals surface area contributed by atoms with Crippen LogP contribution in [-0.4, -0.2) is 31.3 Å². The van der Waals surface area contributed by atoms with Gasteiger partial charge >= 0.3 is 0 Å². The molecule has 0 unspecified atom stereocenters. The van der Waals surface area contributed by atoms with Crippen molar-refractivity contribution in [3.63, 3.8) is 0 Å². The molecule has 0 bridgehead atoms. The number of ether oxygens (including phenoxy) is 1. The number of hydrogen-bond acceptors (Lipinski definition) is 3. The minimum absolute atomic E-state index is 0.0290. The highest BCUT2D eigenvalue weighted by Gasteiger charge is 2.40. The molecule has 3 rings (SSSR count). The first kappa shape index (κ1) is 15.5. The van der Waals surface area contributed by atoms with Crippen LogP contribution in [0, 0.1) is 11.6 Å². The van der Waals surface area contributed by atoms with Crippen LogP contribution < -0.4 is 15.0 Å². The first-order valence-electron chi connectivity index (χ1n) is 7.99. The van der Waals surface area contributed by atoms with Crippen molar-refractivity contribution in [1.82, 2.24) is 5.32 Å². The molecule has 2 atom stereocenters. The second-order valence-corrected chi connectivity index (χ2v) is 7.06. The van der Waals surface area contributed by atoms with E-state index in [0.29, 0.717) is 17.8 Å². The van der Waals surface area contributed by atoms with E-state index < -0.39 is 11.6 Å². The van der Waals surface area contributed by atoms with Gasteiger partial charge in [0.1, 0.15) is 0 Å². The van der Waals surface area contributed by atoms with E-state index in [1.165, 1.54) is 26.0 Å². The van der Waals surface area contributed by atoms with Crippen LogP contribution in [0.25, 0.3) is 0 Å². The van der Waals surface area contributed by atoms with Gasteiger partial charge in [0.25, 0.3) is 0 Å². The number of methoxy groups -OCH3 is 1. The highest BCUT2D eigenvalue weighted by atomic mass is 19.2. The van der Waals surface area contributed by atoms with Gasteiger partial charge in [-0.3, -0.25) is 0 Å². The van der Waals surface area contributed by atoms with Gasteiger partial charge < -0.3 is 15.0 Å². The van der Waals surface area contributed by atoms with E-state index >= 15 is 0 Å². The Hall–Kier alpha value is -1.36. The van der Waals surface area contributed by atoms with E-state index in [9.17, 15) is 8.78 Å². The monoisotopic (exact) mass is 310 g/mol. The van der Waals surface area contributed by atoms with Gasteiger partial charge in [-0.15, -0.1) is 0 Å². The molecular formula is C17H24F2N2O. The van der Waals surface area contributed by atoms with E-state index in [1.54, 1.807) is 6.07 Å². The van der Waals surface area contributed by atoms with E-state index in [0.717, 1.165) is 19.4 Å². The normalized spacial score (nSPS) is 27.4. The second-order valence-electron chi connectivity index (χ2n) is 7.06. The summed E-state index contributed by atoms with van der Waals surface area (Å²) >= 11 is 0. The van der Waals surface area contributed by atoms with E-state index in [4.69, 9.17) is 4.74 Å². The summed E-state index contributed by atoms with van der Waals surface area (Å²) in [5, 5.41) is 3.71. The summed E-state index contributed by atoms with van der Waals surface area (Å²) in [7, 11) is 1.37. The lowest BCUT2D eigenvalue weighted by Gasteiger charge is -2.52. The lowest BCUT2D eigenvalue weighted by molar-refractivity contribution is 0.199. The molecule has 1 saturated carbocycles. The Morgan fingerprint density at radius 1 is 1.23 bits per heavy atom. The molecule has 1 aromatic carbocycles. The van der Waals surface area contributed by atoms with Gasteiger partial charge in [-0.25, -0.2) is 4.39 Å². The number of nitrogens with one attached hydrogen (secondary N) is 1. The maximum Gasteiger partial charge on any atom is 0.200 e. The topological polar surface area (TPSA) is 24.5 Å². The summed E-state index contributed by atoms with van der Waals surface area (Å²) < 4.78 is 32.6. The number of fused-ring (bicyclic) bond motifs is 1. The van der Waals surface area contributed by atoms with Gasteiger partial charge in [0.15, 0.2) is 11.6 Å². The van der Waals surface area contributed by atoms with Gasteiger partial charge in [-0.05, 0) is 26.7 Å². The molecule has 1 heterocycles. The molecule has 2 fully saturated rings. The number of piperazine rings is 1. The van der Waals surface area contributed by atoms with Gasteiger partial charge in [0.2, 0.25) is 5.82 Å². The lowest BCUT2D eigenvalue weighted by Crippen LogP contribution is -2.67. The molecule has 1 saturated heterocycles. The van der Waals surface area contributed by atoms with Crippen molar-refractivity contribution in [2.45, 2.75) is 57.2 Å². The lowest BCUT2D eigenvalue weighted by atomic mass is 9.83. The Labute approximate surface area is 130 Å². The van der Waals surface area contributed by atoms with Crippen LogP contribution in [0.4, 0.5) is 14.5 Å². The number of nitrogens with zero attached hydrogens (tertiary/aromatic N) is 1. The van der Waals surface area contributed by atoms with Crippen LogP contribution >= 0.6 is 0 Å². The molecule has 0 amide bonds. The standard InChI is InChI=1S/C17H24F2N2O/c1-17(2)10-21(14-7-5-4-6-13(14)20-17)11-8-12(18)16(19)15(9-11)22-3/h8-9,13-14,20H,4-7,10H2,1-3H3/t13-,14-/m0/s1. The highest BCUT2D eigenvalue weighted by molar-refractivity contribution is 5.54. The van der Waals surface area contributed by atoms with Crippen molar-refractivity contribution in [3.8, 4) is 5.75 Å².